The largest absolute Gasteiger partial charge is 0.397 e. The Hall–Kier alpha value is -1.90. The van der Waals surface area contributed by atoms with Gasteiger partial charge in [0, 0.05) is 41.7 Å². The molecule has 0 saturated carbocycles. The van der Waals surface area contributed by atoms with Gasteiger partial charge in [-0.1, -0.05) is 11.8 Å². The number of piperazine rings is 1. The maximum atomic E-state index is 11.6. The van der Waals surface area contributed by atoms with Crippen LogP contribution in [-0.2, 0) is 10.0 Å². The minimum atomic E-state index is -3.10. The molecule has 25 heavy (non-hydrogen) atoms. The molecule has 1 fully saturated rings. The Balaban J connectivity index is 1.64. The molecule has 1 heterocycles. The molecule has 0 spiro atoms. The molecule has 0 radical (unpaired) electrons. The molecule has 0 unspecified atom stereocenters. The van der Waals surface area contributed by atoms with Crippen LogP contribution in [-0.4, -0.2) is 45.2 Å². The van der Waals surface area contributed by atoms with Crippen molar-refractivity contribution in [1.29, 1.82) is 0 Å². The monoisotopic (exact) mass is 378 g/mol. The van der Waals surface area contributed by atoms with Crippen LogP contribution in [0.25, 0.3) is 0 Å². The van der Waals surface area contributed by atoms with Crippen molar-refractivity contribution in [2.75, 3.05) is 48.8 Å². The zero-order valence-corrected chi connectivity index (χ0v) is 15.7. The van der Waals surface area contributed by atoms with E-state index < -0.39 is 10.0 Å². The Labute approximate surface area is 152 Å². The van der Waals surface area contributed by atoms with E-state index >= 15 is 0 Å². The fourth-order valence-electron chi connectivity index (χ4n) is 2.76. The van der Waals surface area contributed by atoms with E-state index in [4.69, 9.17) is 11.5 Å². The third-order valence-electron chi connectivity index (χ3n) is 4.20. The van der Waals surface area contributed by atoms with Crippen LogP contribution in [0.4, 0.5) is 17.1 Å². The topological polar surface area (TPSA) is 92.7 Å². The van der Waals surface area contributed by atoms with Crippen molar-refractivity contribution in [3.63, 3.8) is 0 Å². The Morgan fingerprint density at radius 1 is 0.880 bits per heavy atom. The summed E-state index contributed by atoms with van der Waals surface area (Å²) in [5.74, 6) is 0. The van der Waals surface area contributed by atoms with Crippen LogP contribution in [0.2, 0.25) is 0 Å². The highest BCUT2D eigenvalue weighted by Gasteiger charge is 2.23. The smallest absolute Gasteiger partial charge is 0.211 e. The number of hydrogen-bond acceptors (Lipinski definition) is 6. The normalized spacial score (nSPS) is 16.1. The van der Waals surface area contributed by atoms with Crippen LogP contribution in [0, 0.1) is 0 Å². The first-order valence-corrected chi connectivity index (χ1v) is 10.6. The quantitative estimate of drug-likeness (QED) is 0.792. The van der Waals surface area contributed by atoms with Crippen LogP contribution in [0.15, 0.2) is 52.3 Å². The Kier molecular flexibility index (Phi) is 5.12. The lowest BCUT2D eigenvalue weighted by Gasteiger charge is -2.34. The van der Waals surface area contributed by atoms with Crippen LogP contribution >= 0.6 is 11.8 Å². The van der Waals surface area contributed by atoms with Crippen molar-refractivity contribution >= 4 is 38.8 Å². The van der Waals surface area contributed by atoms with Crippen molar-refractivity contribution in [1.82, 2.24) is 4.31 Å². The molecule has 0 atom stereocenters. The SMILES string of the molecule is CS(=O)(=O)N1CCN(c2ccc(Sc3ccc(N)c(N)c3)cc2)CC1. The van der Waals surface area contributed by atoms with E-state index in [9.17, 15) is 8.42 Å². The van der Waals surface area contributed by atoms with E-state index in [-0.39, 0.29) is 0 Å². The lowest BCUT2D eigenvalue weighted by molar-refractivity contribution is 0.388. The van der Waals surface area contributed by atoms with Crippen molar-refractivity contribution in [2.45, 2.75) is 9.79 Å². The van der Waals surface area contributed by atoms with Gasteiger partial charge in [0.15, 0.2) is 0 Å². The summed E-state index contributed by atoms with van der Waals surface area (Å²) in [5.41, 5.74) is 13.9. The number of sulfonamides is 1. The van der Waals surface area contributed by atoms with Gasteiger partial charge in [-0.2, -0.15) is 4.31 Å². The summed E-state index contributed by atoms with van der Waals surface area (Å²) >= 11 is 1.63. The van der Waals surface area contributed by atoms with Gasteiger partial charge in [0.1, 0.15) is 0 Å². The molecule has 2 aromatic carbocycles. The van der Waals surface area contributed by atoms with Crippen molar-refractivity contribution in [3.05, 3.63) is 42.5 Å². The standard InChI is InChI=1S/C17H22N4O2S2/c1-25(22,23)21-10-8-20(9-11-21)13-2-4-14(5-3-13)24-15-6-7-16(18)17(19)12-15/h2-7,12H,8-11,18-19H2,1H3. The summed E-state index contributed by atoms with van der Waals surface area (Å²) in [6.45, 7) is 2.46. The maximum absolute atomic E-state index is 11.6. The van der Waals surface area contributed by atoms with Crippen molar-refractivity contribution in [2.24, 2.45) is 0 Å². The molecule has 2 aromatic rings. The zero-order chi connectivity index (χ0) is 18.0. The minimum absolute atomic E-state index is 0.528. The van der Waals surface area contributed by atoms with E-state index in [1.165, 1.54) is 10.6 Å². The molecular formula is C17H22N4O2S2. The fraction of sp³-hybridized carbons (Fsp3) is 0.294. The Morgan fingerprint density at radius 2 is 1.48 bits per heavy atom. The van der Waals surface area contributed by atoms with E-state index in [0.717, 1.165) is 15.5 Å². The van der Waals surface area contributed by atoms with Gasteiger partial charge in [0.05, 0.1) is 17.6 Å². The molecule has 1 aliphatic heterocycles. The summed E-state index contributed by atoms with van der Waals surface area (Å²) in [6, 6.07) is 13.9. The average Bonchev–Trinajstić information content (AvgIpc) is 2.58. The van der Waals surface area contributed by atoms with Crippen molar-refractivity contribution < 1.29 is 8.42 Å². The average molecular weight is 379 g/mol. The second kappa shape index (κ2) is 7.15. The molecule has 6 nitrogen and oxygen atoms in total. The maximum Gasteiger partial charge on any atom is 0.211 e. The third kappa shape index (κ3) is 4.39. The van der Waals surface area contributed by atoms with E-state index in [0.29, 0.717) is 37.6 Å². The molecule has 1 aliphatic rings. The van der Waals surface area contributed by atoms with Gasteiger partial charge in [-0.3, -0.25) is 0 Å². The van der Waals surface area contributed by atoms with E-state index in [2.05, 4.69) is 29.2 Å². The van der Waals surface area contributed by atoms with Crippen LogP contribution in [0.5, 0.6) is 0 Å². The highest BCUT2D eigenvalue weighted by atomic mass is 32.2. The van der Waals surface area contributed by atoms with Gasteiger partial charge in [-0.25, -0.2) is 8.42 Å². The van der Waals surface area contributed by atoms with Gasteiger partial charge in [-0.05, 0) is 42.5 Å². The van der Waals surface area contributed by atoms with Gasteiger partial charge < -0.3 is 16.4 Å². The van der Waals surface area contributed by atoms with Gasteiger partial charge in [-0.15, -0.1) is 0 Å². The zero-order valence-electron chi connectivity index (χ0n) is 14.1. The minimum Gasteiger partial charge on any atom is -0.397 e. The van der Waals surface area contributed by atoms with E-state index in [1.807, 2.05) is 18.2 Å². The number of nitrogens with two attached hydrogens (primary N) is 2. The summed E-state index contributed by atoms with van der Waals surface area (Å²) in [4.78, 5) is 4.36. The first-order chi connectivity index (χ1) is 11.8. The number of nitrogens with zero attached hydrogens (tertiary/aromatic N) is 2. The molecule has 3 rings (SSSR count). The number of rotatable bonds is 4. The molecule has 134 valence electrons. The number of hydrogen-bond donors (Lipinski definition) is 2. The summed E-state index contributed by atoms with van der Waals surface area (Å²) in [5, 5.41) is 0. The van der Waals surface area contributed by atoms with Gasteiger partial charge >= 0.3 is 0 Å². The van der Waals surface area contributed by atoms with Gasteiger partial charge in [0.2, 0.25) is 10.0 Å². The molecule has 0 amide bonds. The van der Waals surface area contributed by atoms with Crippen molar-refractivity contribution in [3.8, 4) is 0 Å². The lowest BCUT2D eigenvalue weighted by Crippen LogP contribution is -2.48. The second-order valence-electron chi connectivity index (χ2n) is 6.04. The predicted molar refractivity (Wildman–Crippen MR) is 104 cm³/mol. The van der Waals surface area contributed by atoms with Crippen LogP contribution < -0.4 is 16.4 Å². The van der Waals surface area contributed by atoms with E-state index in [1.54, 1.807) is 11.8 Å². The predicted octanol–water partition coefficient (Wildman–Crippen LogP) is 2.08. The third-order valence-corrected chi connectivity index (χ3v) is 6.50. The first-order valence-electron chi connectivity index (χ1n) is 7.96. The number of anilines is 3. The number of benzene rings is 2. The molecule has 0 aliphatic carbocycles. The fourth-order valence-corrected chi connectivity index (χ4v) is 4.45. The van der Waals surface area contributed by atoms with Crippen LogP contribution in [0.1, 0.15) is 0 Å². The molecule has 0 bridgehead atoms. The first kappa shape index (κ1) is 17.9. The van der Waals surface area contributed by atoms with Crippen LogP contribution in [0.3, 0.4) is 0 Å². The molecular weight excluding hydrogens is 356 g/mol. The Morgan fingerprint density at radius 3 is 2.04 bits per heavy atom. The highest BCUT2D eigenvalue weighted by molar-refractivity contribution is 7.99. The molecule has 1 saturated heterocycles. The second-order valence-corrected chi connectivity index (χ2v) is 9.17. The Bertz CT molecular complexity index is 845. The number of nitrogen functional groups attached to an aromatic ring is 2. The molecule has 8 heteroatoms. The molecule has 0 aromatic heterocycles. The summed E-state index contributed by atoms with van der Waals surface area (Å²) in [6.07, 6.45) is 1.26. The summed E-state index contributed by atoms with van der Waals surface area (Å²) in [7, 11) is -3.10. The lowest BCUT2D eigenvalue weighted by atomic mass is 10.2. The highest BCUT2D eigenvalue weighted by Crippen LogP contribution is 2.32. The summed E-state index contributed by atoms with van der Waals surface area (Å²) < 4.78 is 24.7. The molecule has 4 N–H and O–H groups in total. The van der Waals surface area contributed by atoms with Gasteiger partial charge in [0.25, 0.3) is 0 Å².